The van der Waals surface area contributed by atoms with Crippen molar-refractivity contribution >= 4 is 17.4 Å². The van der Waals surface area contributed by atoms with Crippen LogP contribution in [0.15, 0.2) is 54.1 Å². The number of ether oxygens (including phenoxy) is 2. The number of amides is 1. The van der Waals surface area contributed by atoms with Gasteiger partial charge in [0.1, 0.15) is 17.3 Å². The molecule has 2 saturated heterocycles. The first-order valence-corrected chi connectivity index (χ1v) is 11.1. The minimum atomic E-state index is -0.758. The van der Waals surface area contributed by atoms with E-state index < -0.39 is 23.5 Å². The van der Waals surface area contributed by atoms with Gasteiger partial charge in [-0.3, -0.25) is 14.5 Å². The maximum absolute atomic E-state index is 13.4. The highest BCUT2D eigenvalue weighted by molar-refractivity contribution is 6.46. The predicted molar refractivity (Wildman–Crippen MR) is 120 cm³/mol. The van der Waals surface area contributed by atoms with E-state index in [1.54, 1.807) is 24.3 Å². The Morgan fingerprint density at radius 2 is 1.73 bits per heavy atom. The summed E-state index contributed by atoms with van der Waals surface area (Å²) < 4.78 is 24.3. The molecule has 4 rings (SSSR count). The molecule has 0 bridgehead atoms. The lowest BCUT2D eigenvalue weighted by atomic mass is 9.95. The number of carbonyl (C=O) groups excluding carboxylic acids is 2. The van der Waals surface area contributed by atoms with E-state index in [-0.39, 0.29) is 16.9 Å². The zero-order valence-electron chi connectivity index (χ0n) is 18.5. The third-order valence-electron chi connectivity index (χ3n) is 5.93. The van der Waals surface area contributed by atoms with E-state index in [0.717, 1.165) is 13.1 Å². The standard InChI is InChI=1S/C25H27FN2O5/c1-2-33-20-9-5-17(6-10-20)22-21(23(29)18-3-7-19(26)8-4-18)24(30)25(31)28(22)12-11-27-13-15-32-16-14-27/h3-10,22,29H,2,11-16H2,1H3/b23-21+/t22-/m0/s1. The Hall–Kier alpha value is -3.23. The van der Waals surface area contributed by atoms with Gasteiger partial charge in [-0.05, 0) is 48.9 Å². The number of rotatable bonds is 7. The Labute approximate surface area is 192 Å². The summed E-state index contributed by atoms with van der Waals surface area (Å²) in [6.07, 6.45) is 0. The number of nitrogens with zero attached hydrogens (tertiary/aromatic N) is 2. The number of likely N-dealkylation sites (tertiary alicyclic amines) is 1. The fraction of sp³-hybridized carbons (Fsp3) is 0.360. The van der Waals surface area contributed by atoms with Gasteiger partial charge in [-0.1, -0.05) is 12.1 Å². The maximum atomic E-state index is 13.4. The largest absolute Gasteiger partial charge is 0.507 e. The van der Waals surface area contributed by atoms with Gasteiger partial charge >= 0.3 is 0 Å². The summed E-state index contributed by atoms with van der Waals surface area (Å²) in [5.41, 5.74) is 0.958. The van der Waals surface area contributed by atoms with Crippen molar-refractivity contribution in [1.82, 2.24) is 9.80 Å². The van der Waals surface area contributed by atoms with E-state index in [0.29, 0.717) is 44.2 Å². The molecule has 2 aliphatic heterocycles. The van der Waals surface area contributed by atoms with Crippen LogP contribution in [0.1, 0.15) is 24.1 Å². The van der Waals surface area contributed by atoms with Gasteiger partial charge in [0.15, 0.2) is 0 Å². The molecule has 0 aliphatic carbocycles. The van der Waals surface area contributed by atoms with Crippen LogP contribution < -0.4 is 4.74 Å². The second-order valence-corrected chi connectivity index (χ2v) is 7.96. The van der Waals surface area contributed by atoms with Gasteiger partial charge in [0.2, 0.25) is 0 Å². The van der Waals surface area contributed by atoms with Crippen molar-refractivity contribution in [3.63, 3.8) is 0 Å². The van der Waals surface area contributed by atoms with Crippen LogP contribution in [0.3, 0.4) is 0 Å². The summed E-state index contributed by atoms with van der Waals surface area (Å²) >= 11 is 0. The summed E-state index contributed by atoms with van der Waals surface area (Å²) in [7, 11) is 0. The van der Waals surface area contributed by atoms with E-state index in [1.807, 2.05) is 6.92 Å². The van der Waals surface area contributed by atoms with Crippen LogP contribution in [0.2, 0.25) is 0 Å². The first-order valence-electron chi connectivity index (χ1n) is 11.1. The second-order valence-electron chi connectivity index (χ2n) is 7.96. The molecule has 8 heteroatoms. The molecule has 1 atom stereocenters. The number of ketones is 1. The molecule has 7 nitrogen and oxygen atoms in total. The monoisotopic (exact) mass is 454 g/mol. The van der Waals surface area contributed by atoms with E-state index in [9.17, 15) is 19.1 Å². The topological polar surface area (TPSA) is 79.3 Å². The zero-order valence-corrected chi connectivity index (χ0v) is 18.5. The van der Waals surface area contributed by atoms with Crippen molar-refractivity contribution in [1.29, 1.82) is 0 Å². The molecule has 0 saturated carbocycles. The van der Waals surface area contributed by atoms with Crippen LogP contribution in [0.5, 0.6) is 5.75 Å². The SMILES string of the molecule is CCOc1ccc([C@H]2/C(=C(\O)c3ccc(F)cc3)C(=O)C(=O)N2CCN2CCOCC2)cc1. The number of hydrogen-bond acceptors (Lipinski definition) is 6. The zero-order chi connectivity index (χ0) is 23.4. The number of carbonyl (C=O) groups is 2. The number of aliphatic hydroxyl groups excluding tert-OH is 1. The summed E-state index contributed by atoms with van der Waals surface area (Å²) in [5.74, 6) is -1.52. The van der Waals surface area contributed by atoms with E-state index in [1.165, 1.54) is 29.2 Å². The lowest BCUT2D eigenvalue weighted by Gasteiger charge is -2.31. The van der Waals surface area contributed by atoms with E-state index >= 15 is 0 Å². The molecular weight excluding hydrogens is 427 g/mol. The van der Waals surface area contributed by atoms with Gasteiger partial charge < -0.3 is 19.5 Å². The van der Waals surface area contributed by atoms with Gasteiger partial charge in [-0.25, -0.2) is 4.39 Å². The van der Waals surface area contributed by atoms with Gasteiger partial charge in [0, 0.05) is 31.7 Å². The number of Topliss-reactive ketones (excluding diaryl/α,β-unsaturated/α-hetero) is 1. The average molecular weight is 454 g/mol. The van der Waals surface area contributed by atoms with Crippen LogP contribution in [-0.4, -0.2) is 72.6 Å². The minimum Gasteiger partial charge on any atom is -0.507 e. The summed E-state index contributed by atoms with van der Waals surface area (Å²) in [6, 6.07) is 11.6. The fourth-order valence-corrected chi connectivity index (χ4v) is 4.21. The maximum Gasteiger partial charge on any atom is 0.295 e. The molecule has 2 aromatic rings. The van der Waals surface area contributed by atoms with Crippen LogP contribution in [0.4, 0.5) is 4.39 Å². The molecule has 0 unspecified atom stereocenters. The Morgan fingerprint density at radius 1 is 1.06 bits per heavy atom. The van der Waals surface area contributed by atoms with Gasteiger partial charge in [-0.15, -0.1) is 0 Å². The van der Waals surface area contributed by atoms with Gasteiger partial charge in [0.05, 0.1) is 31.4 Å². The average Bonchev–Trinajstić information content (AvgIpc) is 3.09. The van der Waals surface area contributed by atoms with Crippen LogP contribution >= 0.6 is 0 Å². The predicted octanol–water partition coefficient (Wildman–Crippen LogP) is 2.98. The Balaban J connectivity index is 1.71. The van der Waals surface area contributed by atoms with E-state index in [2.05, 4.69) is 4.90 Å². The third-order valence-corrected chi connectivity index (χ3v) is 5.93. The van der Waals surface area contributed by atoms with Crippen LogP contribution in [0, 0.1) is 5.82 Å². The lowest BCUT2D eigenvalue weighted by molar-refractivity contribution is -0.140. The van der Waals surface area contributed by atoms with Crippen LogP contribution in [0.25, 0.3) is 5.76 Å². The van der Waals surface area contributed by atoms with Gasteiger partial charge in [0.25, 0.3) is 11.7 Å². The molecule has 2 aromatic carbocycles. The minimum absolute atomic E-state index is 0.00209. The Bertz CT molecular complexity index is 1030. The lowest BCUT2D eigenvalue weighted by Crippen LogP contribution is -2.42. The number of halogens is 1. The number of aliphatic hydroxyl groups is 1. The van der Waals surface area contributed by atoms with Crippen molar-refractivity contribution in [2.24, 2.45) is 0 Å². The molecular formula is C25H27FN2O5. The fourth-order valence-electron chi connectivity index (χ4n) is 4.21. The highest BCUT2D eigenvalue weighted by Crippen LogP contribution is 2.39. The summed E-state index contributed by atoms with van der Waals surface area (Å²) in [5, 5.41) is 11.0. The molecule has 174 valence electrons. The Morgan fingerprint density at radius 3 is 2.36 bits per heavy atom. The third kappa shape index (κ3) is 4.91. The first-order chi connectivity index (χ1) is 16.0. The van der Waals surface area contributed by atoms with Crippen molar-refractivity contribution < 1.29 is 28.6 Å². The van der Waals surface area contributed by atoms with Crippen LogP contribution in [-0.2, 0) is 14.3 Å². The van der Waals surface area contributed by atoms with Gasteiger partial charge in [-0.2, -0.15) is 0 Å². The first kappa shape index (κ1) is 22.9. The highest BCUT2D eigenvalue weighted by atomic mass is 19.1. The quantitative estimate of drug-likeness (QED) is 0.394. The molecule has 0 radical (unpaired) electrons. The summed E-state index contributed by atoms with van der Waals surface area (Å²) in [6.45, 7) is 6.08. The molecule has 1 amide bonds. The number of hydrogen-bond donors (Lipinski definition) is 1. The van der Waals surface area contributed by atoms with Crippen molar-refractivity contribution in [2.75, 3.05) is 46.0 Å². The molecule has 2 heterocycles. The van der Waals surface area contributed by atoms with Crippen molar-refractivity contribution in [3.05, 3.63) is 71.0 Å². The second kappa shape index (κ2) is 10.1. The molecule has 33 heavy (non-hydrogen) atoms. The smallest absolute Gasteiger partial charge is 0.295 e. The number of benzene rings is 2. The molecule has 0 aromatic heterocycles. The molecule has 2 aliphatic rings. The molecule has 1 N–H and O–H groups in total. The summed E-state index contributed by atoms with van der Waals surface area (Å²) in [4.78, 5) is 29.8. The number of morpholine rings is 1. The normalized spacial score (nSPS) is 20.9. The Kier molecular flexibility index (Phi) is 7.05. The highest BCUT2D eigenvalue weighted by Gasteiger charge is 2.46. The molecule has 2 fully saturated rings. The van der Waals surface area contributed by atoms with Crippen molar-refractivity contribution in [2.45, 2.75) is 13.0 Å². The van der Waals surface area contributed by atoms with Crippen molar-refractivity contribution in [3.8, 4) is 5.75 Å². The molecule has 0 spiro atoms. The van der Waals surface area contributed by atoms with E-state index in [4.69, 9.17) is 9.47 Å².